The number of anilines is 1. The first kappa shape index (κ1) is 22.4. The fourth-order valence-corrected chi connectivity index (χ4v) is 3.85. The number of hydrogen-bond donors (Lipinski definition) is 2. The SMILES string of the molecule is COc1ccc(CSCC(=O)Nc2ccccc2C(=O)N[C@@H](C)c2ccccc2)cc1. The maximum atomic E-state index is 12.8. The summed E-state index contributed by atoms with van der Waals surface area (Å²) in [6.45, 7) is 1.93. The van der Waals surface area contributed by atoms with Gasteiger partial charge >= 0.3 is 0 Å². The summed E-state index contributed by atoms with van der Waals surface area (Å²) in [6, 6.07) is 24.4. The van der Waals surface area contributed by atoms with Gasteiger partial charge in [0.05, 0.1) is 30.2 Å². The van der Waals surface area contributed by atoms with E-state index in [0.717, 1.165) is 16.9 Å². The lowest BCUT2D eigenvalue weighted by Gasteiger charge is -2.16. The second-order valence-electron chi connectivity index (χ2n) is 7.04. The summed E-state index contributed by atoms with van der Waals surface area (Å²) in [6.07, 6.45) is 0. The summed E-state index contributed by atoms with van der Waals surface area (Å²) in [5.41, 5.74) is 3.09. The molecule has 3 aromatic rings. The lowest BCUT2D eigenvalue weighted by atomic mass is 10.1. The van der Waals surface area contributed by atoms with Crippen LogP contribution in [0.1, 0.15) is 34.5 Å². The number of ether oxygens (including phenoxy) is 1. The fourth-order valence-electron chi connectivity index (χ4n) is 3.06. The summed E-state index contributed by atoms with van der Waals surface area (Å²) in [7, 11) is 1.63. The molecule has 0 spiro atoms. The Labute approximate surface area is 187 Å². The zero-order chi connectivity index (χ0) is 22.1. The Morgan fingerprint density at radius 1 is 0.935 bits per heavy atom. The van der Waals surface area contributed by atoms with Crippen molar-refractivity contribution in [1.82, 2.24) is 5.32 Å². The van der Waals surface area contributed by atoms with E-state index in [2.05, 4.69) is 10.6 Å². The molecule has 160 valence electrons. The molecule has 1 atom stereocenters. The topological polar surface area (TPSA) is 67.4 Å². The first-order chi connectivity index (χ1) is 15.1. The van der Waals surface area contributed by atoms with Gasteiger partial charge in [-0.1, -0.05) is 54.6 Å². The van der Waals surface area contributed by atoms with Crippen LogP contribution in [-0.2, 0) is 10.5 Å². The van der Waals surface area contributed by atoms with Gasteiger partial charge in [0, 0.05) is 5.75 Å². The molecule has 0 heterocycles. The maximum Gasteiger partial charge on any atom is 0.253 e. The van der Waals surface area contributed by atoms with Crippen molar-refractivity contribution in [1.29, 1.82) is 0 Å². The van der Waals surface area contributed by atoms with Gasteiger partial charge in [-0.25, -0.2) is 0 Å². The third-order valence-corrected chi connectivity index (χ3v) is 5.76. The first-order valence-corrected chi connectivity index (χ1v) is 11.2. The minimum atomic E-state index is -0.224. The quantitative estimate of drug-likeness (QED) is 0.494. The van der Waals surface area contributed by atoms with Crippen molar-refractivity contribution in [2.45, 2.75) is 18.7 Å². The average Bonchev–Trinajstić information content (AvgIpc) is 2.80. The van der Waals surface area contributed by atoms with Crippen LogP contribution in [0.4, 0.5) is 5.69 Å². The summed E-state index contributed by atoms with van der Waals surface area (Å²) in [5, 5.41) is 5.86. The highest BCUT2D eigenvalue weighted by molar-refractivity contribution is 7.99. The maximum absolute atomic E-state index is 12.8. The molecule has 0 saturated heterocycles. The molecule has 3 aromatic carbocycles. The second-order valence-corrected chi connectivity index (χ2v) is 8.03. The Kier molecular flexibility index (Phi) is 8.12. The highest BCUT2D eigenvalue weighted by Gasteiger charge is 2.16. The lowest BCUT2D eigenvalue weighted by molar-refractivity contribution is -0.113. The van der Waals surface area contributed by atoms with Gasteiger partial charge in [-0.3, -0.25) is 9.59 Å². The molecule has 0 unspecified atom stereocenters. The Hall–Kier alpha value is -3.25. The van der Waals surface area contributed by atoms with Crippen LogP contribution in [-0.4, -0.2) is 24.7 Å². The number of nitrogens with one attached hydrogen (secondary N) is 2. The van der Waals surface area contributed by atoms with Gasteiger partial charge in [0.15, 0.2) is 0 Å². The van der Waals surface area contributed by atoms with E-state index in [-0.39, 0.29) is 17.9 Å². The monoisotopic (exact) mass is 434 g/mol. The van der Waals surface area contributed by atoms with Crippen molar-refractivity contribution < 1.29 is 14.3 Å². The van der Waals surface area contributed by atoms with E-state index in [9.17, 15) is 9.59 Å². The molecule has 0 bridgehead atoms. The minimum Gasteiger partial charge on any atom is -0.497 e. The third-order valence-electron chi connectivity index (χ3n) is 4.75. The molecule has 3 rings (SSSR count). The molecule has 31 heavy (non-hydrogen) atoms. The Morgan fingerprint density at radius 3 is 2.32 bits per heavy atom. The first-order valence-electron chi connectivity index (χ1n) is 10.0. The number of rotatable bonds is 9. The molecule has 5 nitrogen and oxygen atoms in total. The van der Waals surface area contributed by atoms with Gasteiger partial charge in [-0.15, -0.1) is 11.8 Å². The normalized spacial score (nSPS) is 11.4. The van der Waals surface area contributed by atoms with Crippen molar-refractivity contribution >= 4 is 29.3 Å². The molecule has 0 aromatic heterocycles. The molecule has 0 fully saturated rings. The molecule has 2 amide bonds. The summed E-state index contributed by atoms with van der Waals surface area (Å²) < 4.78 is 5.15. The largest absolute Gasteiger partial charge is 0.497 e. The molecular weight excluding hydrogens is 408 g/mol. The molecule has 6 heteroatoms. The van der Waals surface area contributed by atoms with Crippen LogP contribution in [0, 0.1) is 0 Å². The van der Waals surface area contributed by atoms with Crippen LogP contribution in [0.3, 0.4) is 0 Å². The smallest absolute Gasteiger partial charge is 0.253 e. The molecule has 0 aliphatic carbocycles. The number of methoxy groups -OCH3 is 1. The van der Waals surface area contributed by atoms with Crippen molar-refractivity contribution in [2.75, 3.05) is 18.2 Å². The molecule has 0 aliphatic rings. The molecule has 0 radical (unpaired) electrons. The van der Waals surface area contributed by atoms with Crippen LogP contribution in [0.5, 0.6) is 5.75 Å². The van der Waals surface area contributed by atoms with Crippen molar-refractivity contribution in [2.24, 2.45) is 0 Å². The van der Waals surface area contributed by atoms with E-state index >= 15 is 0 Å². The third kappa shape index (κ3) is 6.62. The summed E-state index contributed by atoms with van der Waals surface area (Å²) in [4.78, 5) is 25.2. The van der Waals surface area contributed by atoms with E-state index in [1.807, 2.05) is 61.5 Å². The summed E-state index contributed by atoms with van der Waals surface area (Å²) in [5.74, 6) is 1.45. The van der Waals surface area contributed by atoms with E-state index in [1.165, 1.54) is 11.8 Å². The van der Waals surface area contributed by atoms with Gasteiger partial charge in [0.1, 0.15) is 5.75 Å². The van der Waals surface area contributed by atoms with E-state index < -0.39 is 0 Å². The Balaban J connectivity index is 1.55. The van der Waals surface area contributed by atoms with Crippen LogP contribution in [0.2, 0.25) is 0 Å². The fraction of sp³-hybridized carbons (Fsp3) is 0.200. The molecular formula is C25H26N2O3S. The Bertz CT molecular complexity index is 1010. The van der Waals surface area contributed by atoms with E-state index in [1.54, 1.807) is 31.4 Å². The van der Waals surface area contributed by atoms with E-state index in [4.69, 9.17) is 4.74 Å². The van der Waals surface area contributed by atoms with Gasteiger partial charge in [-0.05, 0) is 42.3 Å². The predicted octanol–water partition coefficient (Wildman–Crippen LogP) is 5.06. The van der Waals surface area contributed by atoms with Crippen LogP contribution in [0.15, 0.2) is 78.9 Å². The highest BCUT2D eigenvalue weighted by atomic mass is 32.2. The number of carbonyl (C=O) groups excluding carboxylic acids is 2. The lowest BCUT2D eigenvalue weighted by Crippen LogP contribution is -2.28. The molecule has 0 saturated carbocycles. The summed E-state index contributed by atoms with van der Waals surface area (Å²) >= 11 is 1.52. The Morgan fingerprint density at radius 2 is 1.61 bits per heavy atom. The molecule has 0 aliphatic heterocycles. The number of carbonyl (C=O) groups is 2. The van der Waals surface area contributed by atoms with Crippen molar-refractivity contribution in [3.8, 4) is 5.75 Å². The average molecular weight is 435 g/mol. The number of thioether (sulfide) groups is 1. The van der Waals surface area contributed by atoms with Crippen LogP contribution >= 0.6 is 11.8 Å². The second kappa shape index (κ2) is 11.2. The minimum absolute atomic E-state index is 0.141. The predicted molar refractivity (Wildman–Crippen MR) is 127 cm³/mol. The molecule has 2 N–H and O–H groups in total. The van der Waals surface area contributed by atoms with Crippen LogP contribution in [0.25, 0.3) is 0 Å². The van der Waals surface area contributed by atoms with E-state index in [0.29, 0.717) is 22.8 Å². The number of amides is 2. The van der Waals surface area contributed by atoms with Gasteiger partial charge in [-0.2, -0.15) is 0 Å². The van der Waals surface area contributed by atoms with Crippen molar-refractivity contribution in [3.63, 3.8) is 0 Å². The van der Waals surface area contributed by atoms with Gasteiger partial charge in [0.25, 0.3) is 5.91 Å². The zero-order valence-corrected chi connectivity index (χ0v) is 18.4. The van der Waals surface area contributed by atoms with Crippen molar-refractivity contribution in [3.05, 3.63) is 95.6 Å². The van der Waals surface area contributed by atoms with Gasteiger partial charge in [0.2, 0.25) is 5.91 Å². The van der Waals surface area contributed by atoms with Gasteiger partial charge < -0.3 is 15.4 Å². The number of hydrogen-bond acceptors (Lipinski definition) is 4. The van der Waals surface area contributed by atoms with Crippen LogP contribution < -0.4 is 15.4 Å². The highest BCUT2D eigenvalue weighted by Crippen LogP contribution is 2.20. The number of benzene rings is 3. The standard InChI is InChI=1S/C25H26N2O3S/c1-18(20-8-4-3-5-9-20)26-25(29)22-10-6-7-11-23(22)27-24(28)17-31-16-19-12-14-21(30-2)15-13-19/h3-15,18H,16-17H2,1-2H3,(H,26,29)(H,27,28)/t18-/m0/s1. The number of para-hydroxylation sites is 1. The zero-order valence-electron chi connectivity index (χ0n) is 17.6.